The molecular formula is C23H48Cl2NO2+. The number of likely N-dealkylation sites (N-methyl/N-ethyl adjacent to an activating group) is 1. The zero-order valence-corrected chi connectivity index (χ0v) is 20.7. The molecular weight excluding hydrogens is 393 g/mol. The molecule has 0 saturated carbocycles. The molecule has 0 aromatic rings. The maximum absolute atomic E-state index is 11.6. The number of halogens is 2. The molecule has 0 fully saturated rings. The van der Waals surface area contributed by atoms with Crippen LogP contribution in [0.5, 0.6) is 0 Å². The van der Waals surface area contributed by atoms with Crippen LogP contribution in [-0.4, -0.2) is 44.7 Å². The molecule has 0 spiro atoms. The van der Waals surface area contributed by atoms with Gasteiger partial charge in [0.2, 0.25) is 0 Å². The lowest BCUT2D eigenvalue weighted by atomic mass is 10.1. The Hall–Kier alpha value is -0.250. The van der Waals surface area contributed by atoms with Crippen molar-refractivity contribution in [2.75, 3.05) is 34.3 Å². The molecule has 0 atom stereocenters. The molecule has 3 nitrogen and oxygen atoms in total. The Bertz CT molecular complexity index is 355. The highest BCUT2D eigenvalue weighted by molar-refractivity contribution is 5.85. The summed E-state index contributed by atoms with van der Waals surface area (Å²) in [5.41, 5.74) is 0. The lowest BCUT2D eigenvalue weighted by Crippen LogP contribution is -2.37. The van der Waals surface area contributed by atoms with Gasteiger partial charge in [-0.2, -0.15) is 0 Å². The third-order valence-electron chi connectivity index (χ3n) is 4.67. The van der Waals surface area contributed by atoms with Crippen molar-refractivity contribution in [3.8, 4) is 0 Å². The fraction of sp³-hybridized carbons (Fsp3) is 0.870. The van der Waals surface area contributed by atoms with Crippen molar-refractivity contribution in [3.63, 3.8) is 0 Å². The van der Waals surface area contributed by atoms with Crippen LogP contribution in [0.4, 0.5) is 0 Å². The van der Waals surface area contributed by atoms with E-state index in [-0.39, 0.29) is 30.8 Å². The molecule has 0 N–H and O–H groups in total. The average Bonchev–Trinajstić information content (AvgIpc) is 2.57. The van der Waals surface area contributed by atoms with Gasteiger partial charge in [-0.3, -0.25) is 4.79 Å². The van der Waals surface area contributed by atoms with E-state index in [1.165, 1.54) is 70.6 Å². The monoisotopic (exact) mass is 440 g/mol. The van der Waals surface area contributed by atoms with Crippen molar-refractivity contribution in [1.29, 1.82) is 0 Å². The summed E-state index contributed by atoms with van der Waals surface area (Å²) in [7, 11) is 6.33. The Morgan fingerprint density at radius 2 is 1.21 bits per heavy atom. The van der Waals surface area contributed by atoms with Gasteiger partial charge in [-0.1, -0.05) is 70.4 Å². The molecule has 0 aliphatic heterocycles. The predicted octanol–water partition coefficient (Wildman–Crippen LogP) is 7.12. The quantitative estimate of drug-likeness (QED) is 0.0980. The van der Waals surface area contributed by atoms with E-state index in [0.717, 1.165) is 23.9 Å². The van der Waals surface area contributed by atoms with Crippen molar-refractivity contribution in [1.82, 2.24) is 0 Å². The SMILES string of the molecule is CCCCCCCCC=CCCCCCCCC(=O)OCC[N+](C)(C)C.Cl.Cl. The van der Waals surface area contributed by atoms with Gasteiger partial charge in [0.05, 0.1) is 21.1 Å². The Morgan fingerprint density at radius 1 is 0.750 bits per heavy atom. The first kappa shape index (κ1) is 32.4. The highest BCUT2D eigenvalue weighted by Crippen LogP contribution is 2.10. The maximum atomic E-state index is 11.6. The maximum Gasteiger partial charge on any atom is 0.305 e. The largest absolute Gasteiger partial charge is 0.460 e. The second-order valence-electron chi connectivity index (χ2n) is 8.57. The summed E-state index contributed by atoms with van der Waals surface area (Å²) in [6, 6.07) is 0. The van der Waals surface area contributed by atoms with Gasteiger partial charge in [0.15, 0.2) is 0 Å². The molecule has 0 rings (SSSR count). The van der Waals surface area contributed by atoms with Gasteiger partial charge < -0.3 is 9.22 Å². The van der Waals surface area contributed by atoms with E-state index in [1.54, 1.807) is 0 Å². The topological polar surface area (TPSA) is 26.3 Å². The van der Waals surface area contributed by atoms with E-state index in [9.17, 15) is 4.79 Å². The Balaban J connectivity index is -0.00000312. The molecule has 0 aliphatic rings. The van der Waals surface area contributed by atoms with Gasteiger partial charge in [-0.25, -0.2) is 0 Å². The van der Waals surface area contributed by atoms with Crippen molar-refractivity contribution >= 4 is 30.8 Å². The van der Waals surface area contributed by atoms with Crippen LogP contribution in [0.25, 0.3) is 0 Å². The second-order valence-corrected chi connectivity index (χ2v) is 8.57. The first-order valence-electron chi connectivity index (χ1n) is 11.1. The number of hydrogen-bond acceptors (Lipinski definition) is 2. The van der Waals surface area contributed by atoms with Crippen LogP contribution in [0.15, 0.2) is 12.2 Å². The highest BCUT2D eigenvalue weighted by Gasteiger charge is 2.09. The van der Waals surface area contributed by atoms with Crippen LogP contribution in [0.3, 0.4) is 0 Å². The molecule has 0 amide bonds. The second kappa shape index (κ2) is 23.0. The van der Waals surface area contributed by atoms with Crippen molar-refractivity contribution in [3.05, 3.63) is 12.2 Å². The summed E-state index contributed by atoms with van der Waals surface area (Å²) >= 11 is 0. The van der Waals surface area contributed by atoms with Gasteiger partial charge in [0.25, 0.3) is 0 Å². The minimum absolute atomic E-state index is 0. The molecule has 0 saturated heterocycles. The van der Waals surface area contributed by atoms with Gasteiger partial charge in [0.1, 0.15) is 13.2 Å². The Labute approximate surface area is 188 Å². The Morgan fingerprint density at radius 3 is 1.71 bits per heavy atom. The number of quaternary nitrogens is 1. The van der Waals surface area contributed by atoms with Gasteiger partial charge in [-0.05, 0) is 32.1 Å². The number of ether oxygens (including phenoxy) is 1. The summed E-state index contributed by atoms with van der Waals surface area (Å²) in [6.45, 7) is 3.68. The van der Waals surface area contributed by atoms with Crippen LogP contribution >= 0.6 is 24.8 Å². The zero-order chi connectivity index (χ0) is 19.5. The summed E-state index contributed by atoms with van der Waals surface area (Å²) in [4.78, 5) is 11.6. The smallest absolute Gasteiger partial charge is 0.305 e. The molecule has 0 bridgehead atoms. The van der Waals surface area contributed by atoms with Crippen molar-refractivity contribution in [2.45, 2.75) is 96.8 Å². The van der Waals surface area contributed by atoms with Crippen LogP contribution in [0.2, 0.25) is 0 Å². The van der Waals surface area contributed by atoms with E-state index in [4.69, 9.17) is 4.74 Å². The third kappa shape index (κ3) is 28.0. The fourth-order valence-electron chi connectivity index (χ4n) is 2.85. The fourth-order valence-corrected chi connectivity index (χ4v) is 2.85. The van der Waals surface area contributed by atoms with E-state index in [0.29, 0.717) is 13.0 Å². The van der Waals surface area contributed by atoms with E-state index >= 15 is 0 Å². The molecule has 0 radical (unpaired) electrons. The number of nitrogens with zero attached hydrogens (tertiary/aromatic N) is 1. The van der Waals surface area contributed by atoms with Crippen molar-refractivity contribution in [2.24, 2.45) is 0 Å². The molecule has 0 aromatic carbocycles. The number of esters is 1. The van der Waals surface area contributed by atoms with Crippen LogP contribution in [0.1, 0.15) is 96.8 Å². The highest BCUT2D eigenvalue weighted by atomic mass is 35.5. The summed E-state index contributed by atoms with van der Waals surface area (Å²) in [6.07, 6.45) is 22.0. The van der Waals surface area contributed by atoms with Crippen LogP contribution < -0.4 is 0 Å². The minimum atomic E-state index is -0.0314. The number of allylic oxidation sites excluding steroid dienone is 2. The van der Waals surface area contributed by atoms with E-state index < -0.39 is 0 Å². The number of hydrogen-bond donors (Lipinski definition) is 0. The summed E-state index contributed by atoms with van der Waals surface area (Å²) in [5.74, 6) is -0.0314. The molecule has 0 aliphatic carbocycles. The molecule has 5 heteroatoms. The first-order chi connectivity index (χ1) is 12.5. The molecule has 0 aromatic heterocycles. The third-order valence-corrected chi connectivity index (χ3v) is 4.67. The number of carbonyl (C=O) groups excluding carboxylic acids is 1. The minimum Gasteiger partial charge on any atom is -0.460 e. The first-order valence-corrected chi connectivity index (χ1v) is 11.1. The van der Waals surface area contributed by atoms with Crippen LogP contribution in [-0.2, 0) is 9.53 Å². The van der Waals surface area contributed by atoms with Gasteiger partial charge >= 0.3 is 5.97 Å². The number of carbonyl (C=O) groups is 1. The van der Waals surface area contributed by atoms with E-state index in [1.807, 2.05) is 0 Å². The normalized spacial score (nSPS) is 11.1. The summed E-state index contributed by atoms with van der Waals surface area (Å²) < 4.78 is 6.11. The lowest BCUT2D eigenvalue weighted by molar-refractivity contribution is -0.870. The van der Waals surface area contributed by atoms with Crippen molar-refractivity contribution < 1.29 is 14.0 Å². The average molecular weight is 442 g/mol. The predicted molar refractivity (Wildman–Crippen MR) is 128 cm³/mol. The van der Waals surface area contributed by atoms with Gasteiger partial charge in [0, 0.05) is 6.42 Å². The standard InChI is InChI=1S/C23H46NO2.2ClH/c1-5-6-7-8-9-10-11-12-13-14-15-16-17-18-19-20-23(25)26-22-21-24(2,3)4;;/h12-13H,5-11,14-22H2,1-4H3;2*1H/q+1;;. The Kier molecular flexibility index (Phi) is 26.7. The van der Waals surface area contributed by atoms with Crippen LogP contribution in [0, 0.1) is 0 Å². The summed E-state index contributed by atoms with van der Waals surface area (Å²) in [5, 5.41) is 0. The number of rotatable bonds is 18. The van der Waals surface area contributed by atoms with Gasteiger partial charge in [-0.15, -0.1) is 24.8 Å². The zero-order valence-electron chi connectivity index (χ0n) is 19.0. The lowest BCUT2D eigenvalue weighted by Gasteiger charge is -2.23. The molecule has 170 valence electrons. The number of unbranched alkanes of at least 4 members (excludes halogenated alkanes) is 11. The molecule has 0 heterocycles. The molecule has 28 heavy (non-hydrogen) atoms. The van der Waals surface area contributed by atoms with E-state index in [2.05, 4.69) is 40.2 Å². The molecule has 0 unspecified atom stereocenters.